The summed E-state index contributed by atoms with van der Waals surface area (Å²) in [7, 11) is 0. The van der Waals surface area contributed by atoms with Gasteiger partial charge in [-0.3, -0.25) is 4.79 Å². The molecular weight excluding hydrogens is 260 g/mol. The van der Waals surface area contributed by atoms with Crippen molar-refractivity contribution in [3.63, 3.8) is 0 Å². The molecule has 0 aromatic heterocycles. The average molecular weight is 294 g/mol. The van der Waals surface area contributed by atoms with Gasteiger partial charge >= 0.3 is 5.97 Å². The predicted octanol–water partition coefficient (Wildman–Crippen LogP) is 5.97. The molecule has 0 bridgehead atoms. The molecule has 0 saturated heterocycles. The Balaban J connectivity index is 3.97. The number of allylic oxidation sites excluding steroid dienone is 2. The zero-order chi connectivity index (χ0) is 16.1. The molecule has 0 aliphatic rings. The van der Waals surface area contributed by atoms with E-state index < -0.39 is 5.60 Å². The minimum absolute atomic E-state index is 0.0925. The number of carbonyl (C=O) groups is 1. The number of hydrogen-bond donors (Lipinski definition) is 0. The second-order valence-electron chi connectivity index (χ2n) is 6.33. The second kappa shape index (κ2) is 11.6. The van der Waals surface area contributed by atoms with Gasteiger partial charge in [0.2, 0.25) is 0 Å². The average Bonchev–Trinajstić information content (AvgIpc) is 2.42. The van der Waals surface area contributed by atoms with Gasteiger partial charge in [0.15, 0.2) is 0 Å². The molecule has 0 radical (unpaired) electrons. The second-order valence-corrected chi connectivity index (χ2v) is 6.33. The molecule has 21 heavy (non-hydrogen) atoms. The van der Waals surface area contributed by atoms with E-state index >= 15 is 0 Å². The molecule has 0 aromatic rings. The standard InChI is InChI=1S/C19H34O2/c1-6-8-9-10-11-12-15-18(20)21-19(5,7-2)16-13-14-17(3)4/h7,14H,2,6,8-13,15-16H2,1,3-5H3. The fourth-order valence-electron chi connectivity index (χ4n) is 2.20. The molecule has 0 N–H and O–H groups in total. The lowest BCUT2D eigenvalue weighted by atomic mass is 9.99. The van der Waals surface area contributed by atoms with Gasteiger partial charge in [0, 0.05) is 6.42 Å². The van der Waals surface area contributed by atoms with Crippen molar-refractivity contribution in [1.29, 1.82) is 0 Å². The zero-order valence-electron chi connectivity index (χ0n) is 14.5. The first-order valence-electron chi connectivity index (χ1n) is 8.42. The summed E-state index contributed by atoms with van der Waals surface area (Å²) in [6, 6.07) is 0. The highest BCUT2D eigenvalue weighted by atomic mass is 16.6. The Bertz CT molecular complexity index is 326. The number of rotatable bonds is 12. The Morgan fingerprint density at radius 3 is 2.33 bits per heavy atom. The van der Waals surface area contributed by atoms with Crippen LogP contribution >= 0.6 is 0 Å². The fraction of sp³-hybridized carbons (Fsp3) is 0.737. The number of esters is 1. The molecule has 0 amide bonds. The van der Waals surface area contributed by atoms with Crippen LogP contribution in [0.15, 0.2) is 24.3 Å². The maximum Gasteiger partial charge on any atom is 0.306 e. The Labute approximate surface area is 131 Å². The number of ether oxygens (including phenoxy) is 1. The molecule has 1 unspecified atom stereocenters. The Morgan fingerprint density at radius 1 is 1.14 bits per heavy atom. The highest BCUT2D eigenvalue weighted by Crippen LogP contribution is 2.21. The summed E-state index contributed by atoms with van der Waals surface area (Å²) in [5.74, 6) is -0.0925. The largest absolute Gasteiger partial charge is 0.455 e. The van der Waals surface area contributed by atoms with E-state index in [-0.39, 0.29) is 5.97 Å². The van der Waals surface area contributed by atoms with Crippen LogP contribution in [0.4, 0.5) is 0 Å². The molecule has 0 aromatic carbocycles. The maximum absolute atomic E-state index is 11.9. The monoisotopic (exact) mass is 294 g/mol. The highest BCUT2D eigenvalue weighted by molar-refractivity contribution is 5.70. The minimum Gasteiger partial charge on any atom is -0.455 e. The maximum atomic E-state index is 11.9. The molecule has 122 valence electrons. The van der Waals surface area contributed by atoms with Gasteiger partial charge in [0.1, 0.15) is 5.60 Å². The van der Waals surface area contributed by atoms with Gasteiger partial charge in [0.25, 0.3) is 0 Å². The van der Waals surface area contributed by atoms with Crippen LogP contribution in [0.1, 0.15) is 85.5 Å². The lowest BCUT2D eigenvalue weighted by Gasteiger charge is -2.25. The fourth-order valence-corrected chi connectivity index (χ4v) is 2.20. The van der Waals surface area contributed by atoms with Crippen LogP contribution in [-0.2, 0) is 9.53 Å². The predicted molar refractivity (Wildman–Crippen MR) is 91.4 cm³/mol. The van der Waals surface area contributed by atoms with Gasteiger partial charge in [-0.2, -0.15) is 0 Å². The van der Waals surface area contributed by atoms with Crippen molar-refractivity contribution in [1.82, 2.24) is 0 Å². The molecule has 0 fully saturated rings. The summed E-state index contributed by atoms with van der Waals surface area (Å²) in [5, 5.41) is 0. The van der Waals surface area contributed by atoms with E-state index in [0.29, 0.717) is 6.42 Å². The first-order valence-corrected chi connectivity index (χ1v) is 8.42. The van der Waals surface area contributed by atoms with Crippen molar-refractivity contribution in [2.24, 2.45) is 0 Å². The van der Waals surface area contributed by atoms with Gasteiger partial charge in [-0.1, -0.05) is 57.3 Å². The number of carbonyl (C=O) groups excluding carboxylic acids is 1. The van der Waals surface area contributed by atoms with Gasteiger partial charge in [-0.15, -0.1) is 0 Å². The van der Waals surface area contributed by atoms with Crippen molar-refractivity contribution < 1.29 is 9.53 Å². The third-order valence-electron chi connectivity index (χ3n) is 3.71. The van der Waals surface area contributed by atoms with Gasteiger partial charge in [-0.05, 0) is 46.1 Å². The van der Waals surface area contributed by atoms with Crippen molar-refractivity contribution in [3.8, 4) is 0 Å². The number of hydrogen-bond acceptors (Lipinski definition) is 2. The summed E-state index contributed by atoms with van der Waals surface area (Å²) in [6.45, 7) is 12.1. The highest BCUT2D eigenvalue weighted by Gasteiger charge is 2.23. The van der Waals surface area contributed by atoms with E-state index in [1.807, 2.05) is 6.92 Å². The first-order chi connectivity index (χ1) is 9.93. The Morgan fingerprint density at radius 2 is 1.76 bits per heavy atom. The van der Waals surface area contributed by atoms with Crippen LogP contribution in [0.3, 0.4) is 0 Å². The third-order valence-corrected chi connectivity index (χ3v) is 3.71. The molecule has 2 heteroatoms. The first kappa shape index (κ1) is 19.9. The molecule has 0 saturated carbocycles. The van der Waals surface area contributed by atoms with Crippen LogP contribution in [0.25, 0.3) is 0 Å². The smallest absolute Gasteiger partial charge is 0.306 e. The Hall–Kier alpha value is -1.05. The van der Waals surface area contributed by atoms with Gasteiger partial charge < -0.3 is 4.74 Å². The lowest BCUT2D eigenvalue weighted by molar-refractivity contribution is -0.154. The molecule has 0 rings (SSSR count). The molecule has 0 aliphatic heterocycles. The summed E-state index contributed by atoms with van der Waals surface area (Å²) in [4.78, 5) is 11.9. The molecular formula is C19H34O2. The summed E-state index contributed by atoms with van der Waals surface area (Å²) < 4.78 is 5.61. The lowest BCUT2D eigenvalue weighted by Crippen LogP contribution is -2.29. The van der Waals surface area contributed by atoms with E-state index in [0.717, 1.165) is 25.7 Å². The van der Waals surface area contributed by atoms with Crippen molar-refractivity contribution in [2.75, 3.05) is 0 Å². The van der Waals surface area contributed by atoms with Crippen LogP contribution in [0.2, 0.25) is 0 Å². The van der Waals surface area contributed by atoms with Crippen LogP contribution in [-0.4, -0.2) is 11.6 Å². The SMILES string of the molecule is C=CC(C)(CCC=C(C)C)OC(=O)CCCCCCCC. The van der Waals surface area contributed by atoms with Crippen molar-refractivity contribution in [2.45, 2.75) is 91.1 Å². The summed E-state index contributed by atoms with van der Waals surface area (Å²) in [5.41, 5.74) is 0.755. The van der Waals surface area contributed by atoms with E-state index in [1.165, 1.54) is 31.3 Å². The van der Waals surface area contributed by atoms with Crippen LogP contribution in [0, 0.1) is 0 Å². The molecule has 1 atom stereocenters. The van der Waals surface area contributed by atoms with Crippen LogP contribution < -0.4 is 0 Å². The normalized spacial score (nSPS) is 13.3. The van der Waals surface area contributed by atoms with E-state index in [9.17, 15) is 4.79 Å². The van der Waals surface area contributed by atoms with E-state index in [1.54, 1.807) is 6.08 Å². The quantitative estimate of drug-likeness (QED) is 0.252. The van der Waals surface area contributed by atoms with Crippen LogP contribution in [0.5, 0.6) is 0 Å². The minimum atomic E-state index is -0.536. The van der Waals surface area contributed by atoms with Gasteiger partial charge in [-0.25, -0.2) is 0 Å². The molecule has 0 aliphatic carbocycles. The van der Waals surface area contributed by atoms with E-state index in [2.05, 4.69) is 33.4 Å². The summed E-state index contributed by atoms with van der Waals surface area (Å²) >= 11 is 0. The third kappa shape index (κ3) is 11.3. The summed E-state index contributed by atoms with van der Waals surface area (Å²) in [6.07, 6.45) is 13.3. The van der Waals surface area contributed by atoms with Crippen molar-refractivity contribution >= 4 is 5.97 Å². The molecule has 0 heterocycles. The molecule has 0 spiro atoms. The van der Waals surface area contributed by atoms with Crippen molar-refractivity contribution in [3.05, 3.63) is 24.3 Å². The zero-order valence-corrected chi connectivity index (χ0v) is 14.5. The topological polar surface area (TPSA) is 26.3 Å². The Kier molecular flexibility index (Phi) is 11.0. The van der Waals surface area contributed by atoms with E-state index in [4.69, 9.17) is 4.74 Å². The molecule has 2 nitrogen and oxygen atoms in total. The van der Waals surface area contributed by atoms with Gasteiger partial charge in [0.05, 0.1) is 0 Å². The number of unbranched alkanes of at least 4 members (excludes halogenated alkanes) is 5.